The van der Waals surface area contributed by atoms with Crippen molar-refractivity contribution in [3.05, 3.63) is 30.1 Å². The second kappa shape index (κ2) is 9.09. The molecule has 2 amide bonds. The van der Waals surface area contributed by atoms with Gasteiger partial charge in [0.25, 0.3) is 0 Å². The number of hydrogen-bond donors (Lipinski definition) is 1. The highest BCUT2D eigenvalue weighted by Crippen LogP contribution is 2.04. The minimum Gasteiger partial charge on any atom is -0.450 e. The van der Waals surface area contributed by atoms with E-state index in [0.717, 1.165) is 18.7 Å². The molecule has 23 heavy (non-hydrogen) atoms. The summed E-state index contributed by atoms with van der Waals surface area (Å²) in [5, 5.41) is 2.89. The van der Waals surface area contributed by atoms with Crippen LogP contribution in [0.25, 0.3) is 0 Å². The van der Waals surface area contributed by atoms with Crippen LogP contribution < -0.4 is 5.32 Å². The van der Waals surface area contributed by atoms with Gasteiger partial charge in [0.1, 0.15) is 0 Å². The average molecular weight is 320 g/mol. The van der Waals surface area contributed by atoms with Crippen LogP contribution in [0.1, 0.15) is 18.9 Å². The van der Waals surface area contributed by atoms with E-state index in [-0.39, 0.29) is 12.0 Å². The van der Waals surface area contributed by atoms with Crippen LogP contribution in [0.4, 0.5) is 4.79 Å². The first kappa shape index (κ1) is 17.2. The normalized spacial score (nSPS) is 15.3. The summed E-state index contributed by atoms with van der Waals surface area (Å²) in [5.41, 5.74) is 0.990. The fourth-order valence-electron chi connectivity index (χ4n) is 2.42. The molecule has 1 aromatic rings. The Hall–Kier alpha value is -2.15. The van der Waals surface area contributed by atoms with Crippen molar-refractivity contribution >= 4 is 12.0 Å². The van der Waals surface area contributed by atoms with Gasteiger partial charge in [-0.2, -0.15) is 0 Å². The molecular formula is C16H24N4O3. The molecule has 2 rings (SSSR count). The number of carbonyl (C=O) groups excluding carboxylic acids is 2. The summed E-state index contributed by atoms with van der Waals surface area (Å²) in [4.78, 5) is 31.4. The van der Waals surface area contributed by atoms with Gasteiger partial charge in [0.05, 0.1) is 6.61 Å². The molecule has 0 aromatic carbocycles. The molecule has 1 aliphatic rings. The predicted octanol–water partition coefficient (Wildman–Crippen LogP) is 0.862. The fraction of sp³-hybridized carbons (Fsp3) is 0.562. The molecular weight excluding hydrogens is 296 g/mol. The van der Waals surface area contributed by atoms with Crippen molar-refractivity contribution in [1.82, 2.24) is 20.1 Å². The van der Waals surface area contributed by atoms with E-state index in [4.69, 9.17) is 4.74 Å². The highest BCUT2D eigenvalue weighted by atomic mass is 16.6. The summed E-state index contributed by atoms with van der Waals surface area (Å²) < 4.78 is 4.99. The van der Waals surface area contributed by atoms with E-state index >= 15 is 0 Å². The quantitative estimate of drug-likeness (QED) is 0.841. The Morgan fingerprint density at radius 3 is 2.74 bits per heavy atom. The molecule has 0 atom stereocenters. The second-order valence-corrected chi connectivity index (χ2v) is 5.42. The minimum absolute atomic E-state index is 0.0293. The van der Waals surface area contributed by atoms with Crippen molar-refractivity contribution < 1.29 is 14.3 Å². The summed E-state index contributed by atoms with van der Waals surface area (Å²) in [5.74, 6) is 0.0293. The Labute approximate surface area is 136 Å². The molecule has 0 radical (unpaired) electrons. The number of nitrogens with one attached hydrogen (secondary N) is 1. The van der Waals surface area contributed by atoms with Gasteiger partial charge >= 0.3 is 6.09 Å². The first-order valence-corrected chi connectivity index (χ1v) is 7.98. The largest absolute Gasteiger partial charge is 0.450 e. The second-order valence-electron chi connectivity index (χ2n) is 5.42. The average Bonchev–Trinajstić information content (AvgIpc) is 2.59. The smallest absolute Gasteiger partial charge is 0.409 e. The lowest BCUT2D eigenvalue weighted by atomic mass is 10.2. The maximum atomic E-state index is 11.9. The fourth-order valence-corrected chi connectivity index (χ4v) is 2.42. The monoisotopic (exact) mass is 320 g/mol. The van der Waals surface area contributed by atoms with Crippen molar-refractivity contribution in [2.24, 2.45) is 0 Å². The Balaban J connectivity index is 1.61. The Kier molecular flexibility index (Phi) is 6.80. The number of aromatic nitrogens is 1. The molecule has 7 nitrogen and oxygen atoms in total. The van der Waals surface area contributed by atoms with Crippen LogP contribution in [-0.4, -0.2) is 66.1 Å². The van der Waals surface area contributed by atoms with Crippen LogP contribution in [0.2, 0.25) is 0 Å². The zero-order valence-electron chi connectivity index (χ0n) is 13.5. The molecule has 1 fully saturated rings. The lowest BCUT2D eigenvalue weighted by Crippen LogP contribution is -2.49. The van der Waals surface area contributed by atoms with Gasteiger partial charge in [-0.05, 0) is 18.6 Å². The van der Waals surface area contributed by atoms with E-state index in [1.54, 1.807) is 24.2 Å². The first-order chi connectivity index (χ1) is 11.2. The van der Waals surface area contributed by atoms with Gasteiger partial charge < -0.3 is 15.0 Å². The van der Waals surface area contributed by atoms with Gasteiger partial charge in [-0.3, -0.25) is 14.7 Å². The summed E-state index contributed by atoms with van der Waals surface area (Å²) in [6, 6.07) is 3.78. The maximum Gasteiger partial charge on any atom is 0.409 e. The van der Waals surface area contributed by atoms with Gasteiger partial charge in [0.15, 0.2) is 0 Å². The van der Waals surface area contributed by atoms with Gasteiger partial charge in [0, 0.05) is 58.1 Å². The van der Waals surface area contributed by atoms with Crippen molar-refractivity contribution in [1.29, 1.82) is 0 Å². The van der Waals surface area contributed by atoms with Crippen molar-refractivity contribution in [3.63, 3.8) is 0 Å². The summed E-state index contributed by atoms with van der Waals surface area (Å²) in [7, 11) is 0. The van der Waals surface area contributed by atoms with Crippen molar-refractivity contribution in [3.8, 4) is 0 Å². The zero-order valence-corrected chi connectivity index (χ0v) is 13.5. The van der Waals surface area contributed by atoms with Crippen LogP contribution >= 0.6 is 0 Å². The molecule has 1 aromatic heterocycles. The molecule has 0 bridgehead atoms. The van der Waals surface area contributed by atoms with E-state index in [2.05, 4.69) is 15.2 Å². The third-order valence-corrected chi connectivity index (χ3v) is 3.77. The molecule has 0 saturated carbocycles. The van der Waals surface area contributed by atoms with Gasteiger partial charge in [0.2, 0.25) is 5.91 Å². The lowest BCUT2D eigenvalue weighted by molar-refractivity contribution is -0.121. The molecule has 126 valence electrons. The van der Waals surface area contributed by atoms with Crippen molar-refractivity contribution in [2.45, 2.75) is 19.9 Å². The number of amides is 2. The van der Waals surface area contributed by atoms with E-state index in [1.165, 1.54) is 0 Å². The maximum absolute atomic E-state index is 11.9. The van der Waals surface area contributed by atoms with Crippen LogP contribution in [0.3, 0.4) is 0 Å². The molecule has 7 heteroatoms. The van der Waals surface area contributed by atoms with Gasteiger partial charge in [-0.15, -0.1) is 0 Å². The van der Waals surface area contributed by atoms with Crippen molar-refractivity contribution in [2.75, 3.05) is 39.3 Å². The zero-order chi connectivity index (χ0) is 16.5. The molecule has 2 heterocycles. The molecule has 1 saturated heterocycles. The van der Waals surface area contributed by atoms with E-state index in [1.807, 2.05) is 12.1 Å². The van der Waals surface area contributed by atoms with Crippen LogP contribution in [-0.2, 0) is 16.1 Å². The van der Waals surface area contributed by atoms with Crippen LogP contribution in [0, 0.1) is 0 Å². The Morgan fingerprint density at radius 1 is 1.30 bits per heavy atom. The first-order valence-electron chi connectivity index (χ1n) is 7.98. The number of nitrogens with zero attached hydrogens (tertiary/aromatic N) is 3. The standard InChI is InChI=1S/C16H24N4O3/c1-2-23-16(22)20-10-8-19(9-11-20)7-5-15(21)18-13-14-4-3-6-17-12-14/h3-4,6,12H,2,5,7-11,13H2,1H3,(H,18,21). The minimum atomic E-state index is -0.249. The topological polar surface area (TPSA) is 74.8 Å². The predicted molar refractivity (Wildman–Crippen MR) is 85.7 cm³/mol. The number of carbonyl (C=O) groups is 2. The lowest BCUT2D eigenvalue weighted by Gasteiger charge is -2.33. The van der Waals surface area contributed by atoms with Crippen LogP contribution in [0.15, 0.2) is 24.5 Å². The number of pyridine rings is 1. The Morgan fingerprint density at radius 2 is 2.09 bits per heavy atom. The molecule has 1 N–H and O–H groups in total. The molecule has 0 unspecified atom stereocenters. The van der Waals surface area contributed by atoms with Crippen LogP contribution in [0.5, 0.6) is 0 Å². The van der Waals surface area contributed by atoms with Gasteiger partial charge in [-0.1, -0.05) is 6.07 Å². The highest BCUT2D eigenvalue weighted by Gasteiger charge is 2.21. The summed E-state index contributed by atoms with van der Waals surface area (Å²) in [6.45, 7) is 6.25. The van der Waals surface area contributed by atoms with E-state index < -0.39 is 0 Å². The highest BCUT2D eigenvalue weighted by molar-refractivity contribution is 5.76. The number of rotatable bonds is 6. The van der Waals surface area contributed by atoms with Gasteiger partial charge in [-0.25, -0.2) is 4.79 Å². The summed E-state index contributed by atoms with van der Waals surface area (Å²) >= 11 is 0. The third-order valence-electron chi connectivity index (χ3n) is 3.77. The van der Waals surface area contributed by atoms with E-state index in [0.29, 0.717) is 39.2 Å². The van der Waals surface area contributed by atoms with E-state index in [9.17, 15) is 9.59 Å². The molecule has 1 aliphatic heterocycles. The number of piperazine rings is 1. The molecule has 0 spiro atoms. The number of ether oxygens (including phenoxy) is 1. The Bertz CT molecular complexity index is 501. The molecule has 0 aliphatic carbocycles. The summed E-state index contributed by atoms with van der Waals surface area (Å²) in [6.07, 6.45) is 3.66. The SMILES string of the molecule is CCOC(=O)N1CCN(CCC(=O)NCc2cccnc2)CC1. The third kappa shape index (κ3) is 5.86. The number of hydrogen-bond acceptors (Lipinski definition) is 5.